The van der Waals surface area contributed by atoms with Crippen molar-refractivity contribution in [1.82, 2.24) is 5.06 Å². The molecular formula is C27H39NO. The quantitative estimate of drug-likeness (QED) is 0.491. The molecule has 0 aliphatic carbocycles. The first-order chi connectivity index (χ1) is 13.7. The Kier molecular flexibility index (Phi) is 6.86. The summed E-state index contributed by atoms with van der Waals surface area (Å²) < 4.78 is 0. The van der Waals surface area contributed by atoms with Gasteiger partial charge in [0.05, 0.1) is 6.61 Å². The number of piperidine rings is 1. The first kappa shape index (κ1) is 22.1. The van der Waals surface area contributed by atoms with Gasteiger partial charge in [-0.2, -0.15) is 5.06 Å². The number of hydroxylamine groups is 2. The molecule has 0 saturated carbocycles. The molecule has 2 aromatic rings. The first-order valence-electron chi connectivity index (χ1n) is 11.2. The summed E-state index contributed by atoms with van der Waals surface area (Å²) in [7, 11) is 0. The monoisotopic (exact) mass is 393 g/mol. The van der Waals surface area contributed by atoms with Gasteiger partial charge in [0.2, 0.25) is 0 Å². The Hall–Kier alpha value is -1.64. The topological polar surface area (TPSA) is 12.5 Å². The van der Waals surface area contributed by atoms with Gasteiger partial charge in [0.1, 0.15) is 0 Å². The molecule has 0 N–H and O–H groups in total. The smallest absolute Gasteiger partial charge is 0.0754 e. The lowest BCUT2D eigenvalue weighted by molar-refractivity contribution is -0.283. The molecule has 0 spiro atoms. The predicted molar refractivity (Wildman–Crippen MR) is 123 cm³/mol. The van der Waals surface area contributed by atoms with Gasteiger partial charge in [0.25, 0.3) is 0 Å². The fourth-order valence-corrected chi connectivity index (χ4v) is 4.97. The van der Waals surface area contributed by atoms with Crippen LogP contribution in [0.4, 0.5) is 0 Å². The van der Waals surface area contributed by atoms with E-state index < -0.39 is 0 Å². The zero-order valence-electron chi connectivity index (χ0n) is 19.2. The summed E-state index contributed by atoms with van der Waals surface area (Å²) in [4.78, 5) is 6.62. The Morgan fingerprint density at radius 2 is 1.45 bits per heavy atom. The average molecular weight is 394 g/mol. The van der Waals surface area contributed by atoms with Crippen molar-refractivity contribution in [1.29, 1.82) is 0 Å². The summed E-state index contributed by atoms with van der Waals surface area (Å²) in [5, 5.41) is 2.30. The van der Waals surface area contributed by atoms with E-state index in [1.807, 2.05) is 0 Å². The minimum Gasteiger partial charge on any atom is -0.297 e. The van der Waals surface area contributed by atoms with Gasteiger partial charge < -0.3 is 0 Å². The summed E-state index contributed by atoms with van der Waals surface area (Å²) >= 11 is 0. The maximum Gasteiger partial charge on any atom is 0.0754 e. The van der Waals surface area contributed by atoms with E-state index in [0.29, 0.717) is 11.8 Å². The maximum atomic E-state index is 6.62. The summed E-state index contributed by atoms with van der Waals surface area (Å²) in [6.07, 6.45) is 4.73. The second kappa shape index (κ2) is 9.02. The lowest BCUT2D eigenvalue weighted by Gasteiger charge is -2.51. The molecule has 1 fully saturated rings. The van der Waals surface area contributed by atoms with Gasteiger partial charge in [-0.05, 0) is 77.3 Å². The summed E-state index contributed by atoms with van der Waals surface area (Å²) in [6.45, 7) is 14.5. The maximum absolute atomic E-state index is 6.62. The molecule has 158 valence electrons. The molecule has 2 heteroatoms. The van der Waals surface area contributed by atoms with Crippen molar-refractivity contribution in [2.75, 3.05) is 6.61 Å². The molecule has 1 aliphatic heterocycles. The van der Waals surface area contributed by atoms with E-state index in [1.54, 1.807) is 0 Å². The molecule has 1 aliphatic rings. The van der Waals surface area contributed by atoms with E-state index in [9.17, 15) is 0 Å². The van der Waals surface area contributed by atoms with Gasteiger partial charge in [-0.1, -0.05) is 67.1 Å². The van der Waals surface area contributed by atoms with Gasteiger partial charge in [-0.3, -0.25) is 4.84 Å². The Morgan fingerprint density at radius 3 is 2.03 bits per heavy atom. The van der Waals surface area contributed by atoms with Crippen LogP contribution in [-0.2, 0) is 4.84 Å². The van der Waals surface area contributed by atoms with Gasteiger partial charge in [0, 0.05) is 17.0 Å². The second-order valence-corrected chi connectivity index (χ2v) is 10.2. The number of hydrogen-bond donors (Lipinski definition) is 0. The molecule has 0 bridgehead atoms. The van der Waals surface area contributed by atoms with Crippen molar-refractivity contribution in [3.63, 3.8) is 0 Å². The normalized spacial score (nSPS) is 20.9. The van der Waals surface area contributed by atoms with E-state index in [-0.39, 0.29) is 11.1 Å². The van der Waals surface area contributed by atoms with E-state index in [2.05, 4.69) is 101 Å². The SMILES string of the molecule is Cc1ccc(C(C)CC(CON2C(C)(C)CCCC2(C)C)c2ccccc2)cc1. The number of nitrogens with zero attached hydrogens (tertiary/aromatic N) is 1. The third kappa shape index (κ3) is 5.49. The van der Waals surface area contributed by atoms with Crippen LogP contribution < -0.4 is 0 Å². The van der Waals surface area contributed by atoms with Crippen LogP contribution >= 0.6 is 0 Å². The number of hydrogen-bond acceptors (Lipinski definition) is 2. The fraction of sp³-hybridized carbons (Fsp3) is 0.556. The Morgan fingerprint density at radius 1 is 0.862 bits per heavy atom. The van der Waals surface area contributed by atoms with Crippen molar-refractivity contribution < 1.29 is 4.84 Å². The molecular weight excluding hydrogens is 354 g/mol. The number of benzene rings is 2. The van der Waals surface area contributed by atoms with Crippen LogP contribution in [0.15, 0.2) is 54.6 Å². The van der Waals surface area contributed by atoms with E-state index in [1.165, 1.54) is 36.0 Å². The zero-order valence-corrected chi connectivity index (χ0v) is 19.2. The van der Waals surface area contributed by atoms with Crippen LogP contribution in [0.25, 0.3) is 0 Å². The lowest BCUT2D eigenvalue weighted by Crippen LogP contribution is -2.58. The fourth-order valence-electron chi connectivity index (χ4n) is 4.97. The largest absolute Gasteiger partial charge is 0.297 e. The summed E-state index contributed by atoms with van der Waals surface area (Å²) in [5.41, 5.74) is 4.25. The molecule has 1 heterocycles. The number of rotatable bonds is 7. The highest BCUT2D eigenvalue weighted by atomic mass is 16.7. The van der Waals surface area contributed by atoms with Gasteiger partial charge in [-0.25, -0.2) is 0 Å². The summed E-state index contributed by atoms with van der Waals surface area (Å²) in [6, 6.07) is 19.9. The van der Waals surface area contributed by atoms with E-state index in [4.69, 9.17) is 4.84 Å². The Balaban J connectivity index is 1.76. The Labute approximate surface area is 178 Å². The van der Waals surface area contributed by atoms with E-state index in [0.717, 1.165) is 13.0 Å². The zero-order chi connectivity index (χ0) is 21.1. The summed E-state index contributed by atoms with van der Waals surface area (Å²) in [5.74, 6) is 0.868. The molecule has 0 aromatic heterocycles. The van der Waals surface area contributed by atoms with Crippen LogP contribution in [0, 0.1) is 6.92 Å². The Bertz CT molecular complexity index is 747. The molecule has 1 saturated heterocycles. The molecule has 0 amide bonds. The standard InChI is InChI=1S/C27H39NO/c1-21-13-15-23(16-14-21)22(2)19-25(24-11-8-7-9-12-24)20-29-28-26(3,4)17-10-18-27(28,5)6/h7-9,11-16,22,25H,10,17-20H2,1-6H3. The third-order valence-corrected chi connectivity index (χ3v) is 6.64. The second-order valence-electron chi connectivity index (χ2n) is 10.2. The minimum atomic E-state index is 0.0750. The van der Waals surface area contributed by atoms with Crippen molar-refractivity contribution in [3.05, 3.63) is 71.3 Å². The van der Waals surface area contributed by atoms with Crippen molar-refractivity contribution in [2.45, 2.75) is 90.1 Å². The lowest BCUT2D eigenvalue weighted by atomic mass is 9.82. The molecule has 3 rings (SSSR count). The molecule has 2 nitrogen and oxygen atoms in total. The van der Waals surface area contributed by atoms with Crippen LogP contribution in [-0.4, -0.2) is 22.7 Å². The van der Waals surface area contributed by atoms with Crippen LogP contribution in [0.2, 0.25) is 0 Å². The average Bonchev–Trinajstić information content (AvgIpc) is 2.67. The highest BCUT2D eigenvalue weighted by Crippen LogP contribution is 2.39. The highest BCUT2D eigenvalue weighted by Gasteiger charge is 2.42. The van der Waals surface area contributed by atoms with Gasteiger partial charge in [0.15, 0.2) is 0 Å². The highest BCUT2D eigenvalue weighted by molar-refractivity contribution is 5.26. The molecule has 29 heavy (non-hydrogen) atoms. The first-order valence-corrected chi connectivity index (χ1v) is 11.2. The van der Waals surface area contributed by atoms with Crippen LogP contribution in [0.5, 0.6) is 0 Å². The van der Waals surface area contributed by atoms with Gasteiger partial charge in [-0.15, -0.1) is 0 Å². The van der Waals surface area contributed by atoms with Crippen molar-refractivity contribution in [3.8, 4) is 0 Å². The van der Waals surface area contributed by atoms with Crippen LogP contribution in [0.3, 0.4) is 0 Å². The van der Waals surface area contributed by atoms with Crippen molar-refractivity contribution >= 4 is 0 Å². The predicted octanol–water partition coefficient (Wildman–Crippen LogP) is 7.25. The molecule has 0 radical (unpaired) electrons. The third-order valence-electron chi connectivity index (χ3n) is 6.64. The minimum absolute atomic E-state index is 0.0750. The van der Waals surface area contributed by atoms with Crippen molar-refractivity contribution in [2.24, 2.45) is 0 Å². The molecule has 2 atom stereocenters. The number of aryl methyl sites for hydroxylation is 1. The van der Waals surface area contributed by atoms with E-state index >= 15 is 0 Å². The van der Waals surface area contributed by atoms with Crippen LogP contribution in [0.1, 0.15) is 88.8 Å². The molecule has 2 aromatic carbocycles. The van der Waals surface area contributed by atoms with Gasteiger partial charge >= 0.3 is 0 Å². The molecule has 2 unspecified atom stereocenters.